The number of halogens is 2. The highest BCUT2D eigenvalue weighted by molar-refractivity contribution is 9.11. The van der Waals surface area contributed by atoms with E-state index in [1.54, 1.807) is 0 Å². The van der Waals surface area contributed by atoms with Gasteiger partial charge < -0.3 is 5.73 Å². The van der Waals surface area contributed by atoms with Gasteiger partial charge in [-0.25, -0.2) is 13.1 Å². The molecule has 1 heterocycles. The Kier molecular flexibility index (Phi) is 5.42. The second-order valence-corrected chi connectivity index (χ2v) is 8.72. The molecule has 1 atom stereocenters. The molecule has 0 saturated carbocycles. The number of rotatable bonds is 5. The van der Waals surface area contributed by atoms with Gasteiger partial charge in [0.25, 0.3) is 0 Å². The Hall–Kier alpha value is 0.340. The maximum atomic E-state index is 11.9. The standard InChI is InChI=1S/C9H14BrClN2O2S2/c1-5(2)7(12)4-13-17(14,15)8-3-6(11)9(10)16-8/h3,5,7,13H,4,12H2,1-2H3. The van der Waals surface area contributed by atoms with Crippen LogP contribution in [0.1, 0.15) is 13.8 Å². The van der Waals surface area contributed by atoms with Gasteiger partial charge in [0.1, 0.15) is 4.21 Å². The fraction of sp³-hybridized carbons (Fsp3) is 0.556. The number of hydrogen-bond donors (Lipinski definition) is 2. The molecule has 1 rings (SSSR count). The molecule has 0 fully saturated rings. The molecule has 0 saturated heterocycles. The van der Waals surface area contributed by atoms with Gasteiger partial charge in [-0.15, -0.1) is 11.3 Å². The van der Waals surface area contributed by atoms with Crippen LogP contribution in [0.25, 0.3) is 0 Å². The monoisotopic (exact) mass is 360 g/mol. The van der Waals surface area contributed by atoms with E-state index in [0.29, 0.717) is 8.81 Å². The van der Waals surface area contributed by atoms with Crippen molar-refractivity contribution in [3.63, 3.8) is 0 Å². The Morgan fingerprint density at radius 3 is 2.59 bits per heavy atom. The highest BCUT2D eigenvalue weighted by Gasteiger charge is 2.20. The van der Waals surface area contributed by atoms with Gasteiger partial charge in [0.15, 0.2) is 0 Å². The molecule has 17 heavy (non-hydrogen) atoms. The normalized spacial score (nSPS) is 14.2. The van der Waals surface area contributed by atoms with E-state index in [1.165, 1.54) is 6.07 Å². The summed E-state index contributed by atoms with van der Waals surface area (Å²) < 4.78 is 27.0. The molecule has 3 N–H and O–H groups in total. The molecule has 8 heteroatoms. The van der Waals surface area contributed by atoms with Crippen LogP contribution in [0, 0.1) is 5.92 Å². The van der Waals surface area contributed by atoms with Crippen LogP contribution in [0.5, 0.6) is 0 Å². The molecule has 1 aromatic heterocycles. The third-order valence-electron chi connectivity index (χ3n) is 2.25. The molecule has 0 spiro atoms. The fourth-order valence-electron chi connectivity index (χ4n) is 0.972. The molecule has 0 radical (unpaired) electrons. The van der Waals surface area contributed by atoms with Gasteiger partial charge in [-0.2, -0.15) is 0 Å². The molecule has 0 aliphatic heterocycles. The Morgan fingerprint density at radius 1 is 1.59 bits per heavy atom. The molecule has 98 valence electrons. The highest BCUT2D eigenvalue weighted by Crippen LogP contribution is 2.34. The summed E-state index contributed by atoms with van der Waals surface area (Å²) in [4.78, 5) is 0. The second kappa shape index (κ2) is 5.99. The SMILES string of the molecule is CC(C)C(N)CNS(=O)(=O)c1cc(Cl)c(Br)s1. The van der Waals surface area contributed by atoms with Crippen molar-refractivity contribution in [2.24, 2.45) is 11.7 Å². The van der Waals surface area contributed by atoms with Crippen molar-refractivity contribution in [3.8, 4) is 0 Å². The van der Waals surface area contributed by atoms with Gasteiger partial charge in [-0.3, -0.25) is 0 Å². The lowest BCUT2D eigenvalue weighted by atomic mass is 10.1. The zero-order valence-electron chi connectivity index (χ0n) is 9.41. The third kappa shape index (κ3) is 4.18. The van der Waals surface area contributed by atoms with Crippen LogP contribution >= 0.6 is 38.9 Å². The zero-order valence-corrected chi connectivity index (χ0v) is 13.4. The molecule has 0 bridgehead atoms. The van der Waals surface area contributed by atoms with E-state index in [1.807, 2.05) is 13.8 Å². The van der Waals surface area contributed by atoms with Crippen LogP contribution in [0.15, 0.2) is 14.1 Å². The highest BCUT2D eigenvalue weighted by atomic mass is 79.9. The maximum absolute atomic E-state index is 11.9. The first kappa shape index (κ1) is 15.4. The smallest absolute Gasteiger partial charge is 0.250 e. The van der Waals surface area contributed by atoms with Crippen molar-refractivity contribution < 1.29 is 8.42 Å². The van der Waals surface area contributed by atoms with Crippen molar-refractivity contribution in [2.75, 3.05) is 6.54 Å². The lowest BCUT2D eigenvalue weighted by Gasteiger charge is -2.15. The second-order valence-electron chi connectivity index (χ2n) is 3.95. The summed E-state index contributed by atoms with van der Waals surface area (Å²) in [6.45, 7) is 4.10. The van der Waals surface area contributed by atoms with Gasteiger partial charge in [-0.05, 0) is 27.9 Å². The van der Waals surface area contributed by atoms with Crippen molar-refractivity contribution in [2.45, 2.75) is 24.1 Å². The minimum Gasteiger partial charge on any atom is -0.326 e. The minimum absolute atomic E-state index is 0.185. The van der Waals surface area contributed by atoms with E-state index >= 15 is 0 Å². The van der Waals surface area contributed by atoms with Crippen molar-refractivity contribution in [3.05, 3.63) is 14.9 Å². The summed E-state index contributed by atoms with van der Waals surface area (Å²) in [5.74, 6) is 0.219. The number of hydrogen-bond acceptors (Lipinski definition) is 4. The molecule has 0 aliphatic rings. The van der Waals surface area contributed by atoms with Gasteiger partial charge >= 0.3 is 0 Å². The number of nitrogens with one attached hydrogen (secondary N) is 1. The van der Waals surface area contributed by atoms with Crippen LogP contribution in [0.2, 0.25) is 5.02 Å². The van der Waals surface area contributed by atoms with Crippen LogP contribution in [-0.2, 0) is 10.0 Å². The van der Waals surface area contributed by atoms with E-state index in [0.717, 1.165) is 11.3 Å². The van der Waals surface area contributed by atoms with E-state index in [4.69, 9.17) is 17.3 Å². The summed E-state index contributed by atoms with van der Waals surface area (Å²) in [6.07, 6.45) is 0. The first-order chi connectivity index (χ1) is 7.74. The van der Waals surface area contributed by atoms with E-state index in [2.05, 4.69) is 20.7 Å². The van der Waals surface area contributed by atoms with Crippen LogP contribution in [0.3, 0.4) is 0 Å². The van der Waals surface area contributed by atoms with Gasteiger partial charge in [0.05, 0.1) is 8.81 Å². The van der Waals surface area contributed by atoms with Crippen LogP contribution in [-0.4, -0.2) is 21.0 Å². The van der Waals surface area contributed by atoms with Gasteiger partial charge in [0.2, 0.25) is 10.0 Å². The zero-order chi connectivity index (χ0) is 13.2. The lowest BCUT2D eigenvalue weighted by Crippen LogP contribution is -2.40. The lowest BCUT2D eigenvalue weighted by molar-refractivity contribution is 0.482. The van der Waals surface area contributed by atoms with Crippen molar-refractivity contribution >= 4 is 48.9 Å². The largest absolute Gasteiger partial charge is 0.326 e. The summed E-state index contributed by atoms with van der Waals surface area (Å²) in [5, 5.41) is 0.392. The molecule has 0 aromatic carbocycles. The van der Waals surface area contributed by atoms with E-state index in [-0.39, 0.29) is 22.7 Å². The van der Waals surface area contributed by atoms with Gasteiger partial charge in [0, 0.05) is 12.6 Å². The van der Waals surface area contributed by atoms with Crippen molar-refractivity contribution in [1.29, 1.82) is 0 Å². The Balaban J connectivity index is 2.76. The summed E-state index contributed by atoms with van der Waals surface area (Å²) in [5.41, 5.74) is 5.78. The van der Waals surface area contributed by atoms with Gasteiger partial charge in [-0.1, -0.05) is 25.4 Å². The van der Waals surface area contributed by atoms with Crippen molar-refractivity contribution in [1.82, 2.24) is 4.72 Å². The molecular weight excluding hydrogens is 348 g/mol. The topological polar surface area (TPSA) is 72.2 Å². The van der Waals surface area contributed by atoms with Crippen LogP contribution in [0.4, 0.5) is 0 Å². The quantitative estimate of drug-likeness (QED) is 0.846. The summed E-state index contributed by atoms with van der Waals surface area (Å²) in [6, 6.07) is 1.21. The Morgan fingerprint density at radius 2 is 2.18 bits per heavy atom. The minimum atomic E-state index is -3.52. The first-order valence-electron chi connectivity index (χ1n) is 4.94. The molecular formula is C9H14BrClN2O2S2. The van der Waals surface area contributed by atoms with Crippen LogP contribution < -0.4 is 10.5 Å². The summed E-state index contributed by atoms with van der Waals surface area (Å²) >= 11 is 10.1. The molecule has 4 nitrogen and oxygen atoms in total. The number of nitrogens with two attached hydrogens (primary N) is 1. The third-order valence-corrected chi connectivity index (χ3v) is 6.62. The predicted octanol–water partition coefficient (Wildman–Crippen LogP) is 2.43. The fourth-order valence-corrected chi connectivity index (χ4v) is 4.49. The summed E-state index contributed by atoms with van der Waals surface area (Å²) in [7, 11) is -3.52. The molecule has 0 aliphatic carbocycles. The van der Waals surface area contributed by atoms with E-state index < -0.39 is 10.0 Å². The average molecular weight is 362 g/mol. The predicted molar refractivity (Wildman–Crippen MR) is 75.0 cm³/mol. The Labute approximate surface area is 119 Å². The van der Waals surface area contributed by atoms with E-state index in [9.17, 15) is 8.42 Å². The average Bonchev–Trinajstić information content (AvgIpc) is 2.56. The first-order valence-corrected chi connectivity index (χ1v) is 8.41. The number of thiophene rings is 1. The maximum Gasteiger partial charge on any atom is 0.250 e. The number of sulfonamides is 1. The molecule has 0 amide bonds. The molecule has 1 unspecified atom stereocenters. The Bertz CT molecular complexity index is 468. The molecule has 1 aromatic rings.